The molecule has 0 aromatic heterocycles. The molecule has 8 N–H and O–H groups in total. The van der Waals surface area contributed by atoms with Crippen molar-refractivity contribution < 1.29 is 53.4 Å². The zero-order chi connectivity index (χ0) is 38.9. The van der Waals surface area contributed by atoms with Crippen molar-refractivity contribution in [3.05, 3.63) is 76.4 Å². The Labute approximate surface area is 310 Å². The molecule has 0 unspecified atom stereocenters. The molecule has 0 bridgehead atoms. The molecule has 1 aliphatic rings. The number of carbonyl (C=O) groups is 7. The SMILES string of the molecule is CC(C)[C@H](NC(=O)CCCCCN1C(=O)C=CC1=O)C(=O)N[C@@H](CCCNC(N)=O)C(=O)Nc1ccc(COC(=O)Oc2ccc([N+](=O)[O-])cc2)cc1.O. The van der Waals surface area contributed by atoms with Crippen molar-refractivity contribution in [1.82, 2.24) is 20.9 Å². The lowest BCUT2D eigenvalue weighted by molar-refractivity contribution is -0.384. The number of amides is 7. The Morgan fingerprint density at radius 3 is 2.11 bits per heavy atom. The maximum atomic E-state index is 13.4. The molecule has 0 aliphatic carbocycles. The van der Waals surface area contributed by atoms with Gasteiger partial charge in [-0.1, -0.05) is 32.4 Å². The minimum absolute atomic E-state index is 0. The van der Waals surface area contributed by atoms with Gasteiger partial charge in [0.1, 0.15) is 24.4 Å². The predicted molar refractivity (Wildman–Crippen MR) is 192 cm³/mol. The summed E-state index contributed by atoms with van der Waals surface area (Å²) >= 11 is 0. The number of carbonyl (C=O) groups excluding carboxylic acids is 7. The highest BCUT2D eigenvalue weighted by Crippen LogP contribution is 2.18. The molecule has 54 heavy (non-hydrogen) atoms. The number of nitrogens with two attached hydrogens (primary N) is 1. The van der Waals surface area contributed by atoms with Crippen molar-refractivity contribution in [3.8, 4) is 5.75 Å². The number of anilines is 1. The van der Waals surface area contributed by atoms with Crippen molar-refractivity contribution in [3.63, 3.8) is 0 Å². The van der Waals surface area contributed by atoms with Crippen LogP contribution in [0.1, 0.15) is 57.9 Å². The number of nitro benzene ring substituents is 1. The van der Waals surface area contributed by atoms with Gasteiger partial charge in [0.15, 0.2) is 0 Å². The number of hydrogen-bond acceptors (Lipinski definition) is 11. The van der Waals surface area contributed by atoms with Gasteiger partial charge in [-0.2, -0.15) is 0 Å². The van der Waals surface area contributed by atoms with E-state index < -0.39 is 41.0 Å². The molecule has 0 saturated carbocycles. The average molecular weight is 756 g/mol. The van der Waals surface area contributed by atoms with Crippen molar-refractivity contribution in [2.45, 2.75) is 71.1 Å². The van der Waals surface area contributed by atoms with Gasteiger partial charge < -0.3 is 42.0 Å². The van der Waals surface area contributed by atoms with Crippen LogP contribution in [0.15, 0.2) is 60.7 Å². The topological polar surface area (TPSA) is 290 Å². The van der Waals surface area contributed by atoms with Crippen molar-refractivity contribution in [2.75, 3.05) is 18.4 Å². The van der Waals surface area contributed by atoms with Gasteiger partial charge in [-0.3, -0.25) is 39.0 Å². The van der Waals surface area contributed by atoms with Crippen LogP contribution in [0.3, 0.4) is 0 Å². The summed E-state index contributed by atoms with van der Waals surface area (Å²) in [4.78, 5) is 97.3. The van der Waals surface area contributed by atoms with Crippen molar-refractivity contribution in [1.29, 1.82) is 0 Å². The number of hydrogen-bond donors (Lipinski definition) is 5. The second kappa shape index (κ2) is 21.9. The molecule has 0 radical (unpaired) electrons. The van der Waals surface area contributed by atoms with Gasteiger partial charge >= 0.3 is 12.2 Å². The molecule has 3 rings (SSSR count). The molecular weight excluding hydrogens is 710 g/mol. The second-order valence-electron chi connectivity index (χ2n) is 12.3. The van der Waals surface area contributed by atoms with Gasteiger partial charge in [0.05, 0.1) is 4.92 Å². The van der Waals surface area contributed by atoms with E-state index in [2.05, 4.69) is 21.3 Å². The third-order valence-electron chi connectivity index (χ3n) is 7.88. The van der Waals surface area contributed by atoms with Crippen LogP contribution in [0.5, 0.6) is 5.75 Å². The first-order chi connectivity index (χ1) is 25.2. The van der Waals surface area contributed by atoms with Crippen LogP contribution in [0, 0.1) is 16.0 Å². The largest absolute Gasteiger partial charge is 0.514 e. The molecule has 1 aliphatic heterocycles. The number of ether oxygens (including phenoxy) is 2. The zero-order valence-corrected chi connectivity index (χ0v) is 29.8. The molecule has 0 spiro atoms. The Kier molecular flexibility index (Phi) is 17.7. The van der Waals surface area contributed by atoms with Crippen LogP contribution in [-0.4, -0.2) is 82.2 Å². The summed E-state index contributed by atoms with van der Waals surface area (Å²) in [5, 5.41) is 21.4. The molecule has 19 heteroatoms. The summed E-state index contributed by atoms with van der Waals surface area (Å²) in [5.41, 5.74) is 5.89. The molecule has 1 heterocycles. The highest BCUT2D eigenvalue weighted by Gasteiger charge is 2.29. The van der Waals surface area contributed by atoms with Gasteiger partial charge in [-0.05, 0) is 61.4 Å². The number of nitrogens with one attached hydrogen (secondary N) is 4. The van der Waals surface area contributed by atoms with E-state index in [1.165, 1.54) is 36.4 Å². The molecule has 2 aromatic rings. The predicted octanol–water partition coefficient (Wildman–Crippen LogP) is 1.98. The summed E-state index contributed by atoms with van der Waals surface area (Å²) in [6.45, 7) is 3.72. The van der Waals surface area contributed by atoms with E-state index >= 15 is 0 Å². The fourth-order valence-electron chi connectivity index (χ4n) is 5.03. The molecular formula is C35H45N7O12. The Balaban J connectivity index is 0.0000101. The Bertz CT molecular complexity index is 1660. The number of primary amides is 1. The van der Waals surface area contributed by atoms with Crippen LogP contribution in [0.25, 0.3) is 0 Å². The Morgan fingerprint density at radius 2 is 1.52 bits per heavy atom. The van der Waals surface area contributed by atoms with E-state index in [4.69, 9.17) is 15.2 Å². The van der Waals surface area contributed by atoms with E-state index in [0.29, 0.717) is 30.5 Å². The normalized spacial score (nSPS) is 13.0. The lowest BCUT2D eigenvalue weighted by Crippen LogP contribution is -2.54. The van der Waals surface area contributed by atoms with Gasteiger partial charge in [0, 0.05) is 49.5 Å². The summed E-state index contributed by atoms with van der Waals surface area (Å²) in [7, 11) is 0. The maximum Gasteiger partial charge on any atom is 0.514 e. The van der Waals surface area contributed by atoms with Gasteiger partial charge in [0.2, 0.25) is 17.7 Å². The number of rotatable bonds is 20. The highest BCUT2D eigenvalue weighted by atomic mass is 16.7. The monoisotopic (exact) mass is 755 g/mol. The van der Waals surface area contributed by atoms with Gasteiger partial charge in [0.25, 0.3) is 17.5 Å². The molecule has 2 aromatic carbocycles. The van der Waals surface area contributed by atoms with E-state index in [9.17, 15) is 43.7 Å². The molecule has 7 amide bonds. The summed E-state index contributed by atoms with van der Waals surface area (Å²) in [6.07, 6.45) is 3.50. The van der Waals surface area contributed by atoms with Gasteiger partial charge in [-0.25, -0.2) is 9.59 Å². The summed E-state index contributed by atoms with van der Waals surface area (Å²) in [5.74, 6) is -2.51. The third-order valence-corrected chi connectivity index (χ3v) is 7.88. The Hall–Kier alpha value is -6.37. The number of benzene rings is 2. The number of nitro groups is 1. The molecule has 0 fully saturated rings. The number of non-ortho nitro benzene ring substituents is 1. The molecule has 2 atom stereocenters. The van der Waals surface area contributed by atoms with Crippen LogP contribution >= 0.6 is 0 Å². The first-order valence-corrected chi connectivity index (χ1v) is 16.9. The van der Waals surface area contributed by atoms with Crippen molar-refractivity contribution >= 4 is 53.1 Å². The lowest BCUT2D eigenvalue weighted by atomic mass is 10.0. The minimum atomic E-state index is -1.06. The first-order valence-electron chi connectivity index (χ1n) is 16.9. The first kappa shape index (κ1) is 43.8. The van der Waals surface area contributed by atoms with Crippen LogP contribution in [0.4, 0.5) is 21.0 Å². The quantitative estimate of drug-likeness (QED) is 0.0325. The average Bonchev–Trinajstić information content (AvgIpc) is 3.43. The minimum Gasteiger partial charge on any atom is -0.429 e. The third kappa shape index (κ3) is 14.7. The summed E-state index contributed by atoms with van der Waals surface area (Å²) in [6, 6.07) is 8.42. The number of imide groups is 1. The number of urea groups is 1. The smallest absolute Gasteiger partial charge is 0.429 e. The molecule has 0 saturated heterocycles. The fourth-order valence-corrected chi connectivity index (χ4v) is 5.03. The Morgan fingerprint density at radius 1 is 0.870 bits per heavy atom. The number of nitrogens with zero attached hydrogens (tertiary/aromatic N) is 2. The van der Waals surface area contributed by atoms with Gasteiger partial charge in [-0.15, -0.1) is 0 Å². The van der Waals surface area contributed by atoms with Crippen molar-refractivity contribution in [2.24, 2.45) is 11.7 Å². The lowest BCUT2D eigenvalue weighted by Gasteiger charge is -2.25. The highest BCUT2D eigenvalue weighted by molar-refractivity contribution is 6.12. The van der Waals surface area contributed by atoms with Crippen LogP contribution < -0.4 is 31.7 Å². The second-order valence-corrected chi connectivity index (χ2v) is 12.3. The molecule has 292 valence electrons. The van der Waals surface area contributed by atoms with E-state index in [1.807, 2.05) is 0 Å². The van der Waals surface area contributed by atoms with E-state index in [1.54, 1.807) is 38.1 Å². The van der Waals surface area contributed by atoms with Crippen LogP contribution in [0.2, 0.25) is 0 Å². The zero-order valence-electron chi connectivity index (χ0n) is 29.8. The van der Waals surface area contributed by atoms with Crippen LogP contribution in [-0.2, 0) is 35.3 Å². The standard InChI is InChI=1S/C35H43N7O11.H2O/c1-22(2)31(40-28(43)8-4-3-5-20-41-29(44)17-18-30(41)45)33(47)39-27(7-6-19-37-34(36)48)32(46)38-24-11-9-23(10-12-24)21-52-35(49)53-26-15-13-25(14-16-26)42(50)51;/h9-18,22,27,31H,3-8,19-21H2,1-2H3,(H,38,46)(H,39,47)(H,40,43)(H3,36,37,48);1H2/t27-,31-;/m0./s1. The van der Waals surface area contributed by atoms with E-state index in [-0.39, 0.29) is 79.5 Å². The summed E-state index contributed by atoms with van der Waals surface area (Å²) < 4.78 is 10.1. The fraction of sp³-hybridized carbons (Fsp3) is 0.400. The number of unbranched alkanes of at least 4 members (excludes halogenated alkanes) is 2. The van der Waals surface area contributed by atoms with E-state index in [0.717, 1.165) is 4.90 Å². The molecule has 19 nitrogen and oxygen atoms in total. The maximum absolute atomic E-state index is 13.4.